The molecule has 0 saturated carbocycles. The Morgan fingerprint density at radius 3 is 0.955 bits per heavy atom. The highest BCUT2D eigenvalue weighted by molar-refractivity contribution is 5.49. The van der Waals surface area contributed by atoms with Gasteiger partial charge in [-0.25, -0.2) is 0 Å². The first-order chi connectivity index (χ1) is 10.9. The monoisotopic (exact) mass is 308 g/mol. The Labute approximate surface area is 137 Å². The number of hydrogen-bond donors (Lipinski definition) is 0. The number of unbranched alkanes of at least 4 members (excludes halogenated alkanes) is 14. The molecular formula is C20H36O2. The maximum absolute atomic E-state index is 10.2. The van der Waals surface area contributed by atoms with Crippen LogP contribution in [0, 0.1) is 0 Å². The molecule has 0 spiro atoms. The topological polar surface area (TPSA) is 34.1 Å². The number of carbonyl (C=O) groups is 2. The fourth-order valence-electron chi connectivity index (χ4n) is 2.63. The summed E-state index contributed by atoms with van der Waals surface area (Å²) in [5.41, 5.74) is 0. The minimum atomic E-state index is 0.738. The lowest BCUT2D eigenvalue weighted by Crippen LogP contribution is -1.81. The highest BCUT2D eigenvalue weighted by Gasteiger charge is 1.91. The average molecular weight is 309 g/mol. The molecule has 0 aliphatic carbocycles. The predicted octanol–water partition coefficient (Wildman–Crippen LogP) is 6.18. The van der Waals surface area contributed by atoms with Crippen LogP contribution in [0.4, 0.5) is 0 Å². The molecule has 0 atom stereocenters. The van der Waals surface area contributed by atoms with Gasteiger partial charge in [0.2, 0.25) is 0 Å². The van der Waals surface area contributed by atoms with E-state index in [2.05, 4.69) is 12.2 Å². The molecule has 0 amide bonds. The molecular weight excluding hydrogens is 272 g/mol. The van der Waals surface area contributed by atoms with Crippen LogP contribution >= 0.6 is 0 Å². The first kappa shape index (κ1) is 21.1. The van der Waals surface area contributed by atoms with Crippen molar-refractivity contribution in [3.8, 4) is 0 Å². The molecule has 2 heteroatoms. The molecule has 0 aromatic rings. The van der Waals surface area contributed by atoms with Gasteiger partial charge in [0.05, 0.1) is 0 Å². The van der Waals surface area contributed by atoms with E-state index in [-0.39, 0.29) is 0 Å². The van der Waals surface area contributed by atoms with Gasteiger partial charge in [-0.2, -0.15) is 0 Å². The molecule has 0 radical (unpaired) electrons. The van der Waals surface area contributed by atoms with E-state index in [1.807, 2.05) is 0 Å². The second-order valence-corrected chi connectivity index (χ2v) is 6.20. The summed E-state index contributed by atoms with van der Waals surface area (Å²) in [6.45, 7) is 0. The molecule has 0 saturated heterocycles. The van der Waals surface area contributed by atoms with Crippen molar-refractivity contribution in [2.45, 2.75) is 103 Å². The summed E-state index contributed by atoms with van der Waals surface area (Å²) in [6.07, 6.45) is 25.7. The van der Waals surface area contributed by atoms with Gasteiger partial charge < -0.3 is 9.59 Å². The van der Waals surface area contributed by atoms with Crippen LogP contribution in [0.25, 0.3) is 0 Å². The number of aldehydes is 2. The van der Waals surface area contributed by atoms with Gasteiger partial charge in [0.1, 0.15) is 12.6 Å². The zero-order valence-corrected chi connectivity index (χ0v) is 14.4. The van der Waals surface area contributed by atoms with Crippen molar-refractivity contribution >= 4 is 12.6 Å². The molecule has 0 fully saturated rings. The Bertz CT molecular complexity index is 232. The second-order valence-electron chi connectivity index (χ2n) is 6.20. The molecule has 0 aliphatic rings. The Kier molecular flexibility index (Phi) is 19.2. The third-order valence-corrected chi connectivity index (χ3v) is 4.05. The predicted molar refractivity (Wildman–Crippen MR) is 95.1 cm³/mol. The molecule has 2 nitrogen and oxygen atoms in total. The van der Waals surface area contributed by atoms with E-state index in [0.29, 0.717) is 0 Å². The van der Waals surface area contributed by atoms with Gasteiger partial charge in [0, 0.05) is 12.8 Å². The highest BCUT2D eigenvalue weighted by atomic mass is 16.1. The van der Waals surface area contributed by atoms with E-state index in [1.54, 1.807) is 0 Å². The van der Waals surface area contributed by atoms with Crippen molar-refractivity contribution in [1.29, 1.82) is 0 Å². The van der Waals surface area contributed by atoms with Gasteiger partial charge in [-0.15, -0.1) is 0 Å². The summed E-state index contributed by atoms with van der Waals surface area (Å²) in [4.78, 5) is 20.3. The number of hydrogen-bond acceptors (Lipinski definition) is 2. The zero-order valence-electron chi connectivity index (χ0n) is 14.4. The molecule has 128 valence electrons. The summed E-state index contributed by atoms with van der Waals surface area (Å²) in [5.74, 6) is 0. The van der Waals surface area contributed by atoms with Crippen LogP contribution in [0.5, 0.6) is 0 Å². The average Bonchev–Trinajstić information content (AvgIpc) is 2.54. The summed E-state index contributed by atoms with van der Waals surface area (Å²) in [6, 6.07) is 0. The van der Waals surface area contributed by atoms with Crippen molar-refractivity contribution in [3.05, 3.63) is 12.2 Å². The van der Waals surface area contributed by atoms with Gasteiger partial charge in [0.25, 0.3) is 0 Å². The highest BCUT2D eigenvalue weighted by Crippen LogP contribution is 2.10. The zero-order chi connectivity index (χ0) is 16.1. The van der Waals surface area contributed by atoms with E-state index >= 15 is 0 Å². The summed E-state index contributed by atoms with van der Waals surface area (Å²) in [7, 11) is 0. The van der Waals surface area contributed by atoms with Crippen molar-refractivity contribution in [1.82, 2.24) is 0 Å². The maximum Gasteiger partial charge on any atom is 0.119 e. The molecule has 0 heterocycles. The summed E-state index contributed by atoms with van der Waals surface area (Å²) < 4.78 is 0. The van der Waals surface area contributed by atoms with Crippen molar-refractivity contribution in [2.75, 3.05) is 0 Å². The van der Waals surface area contributed by atoms with E-state index in [9.17, 15) is 9.59 Å². The van der Waals surface area contributed by atoms with E-state index in [1.165, 1.54) is 77.0 Å². The fourth-order valence-corrected chi connectivity index (χ4v) is 2.63. The van der Waals surface area contributed by atoms with Crippen LogP contribution < -0.4 is 0 Å². The second kappa shape index (κ2) is 20.1. The molecule has 22 heavy (non-hydrogen) atoms. The smallest absolute Gasteiger partial charge is 0.119 e. The van der Waals surface area contributed by atoms with Crippen LogP contribution in [0.1, 0.15) is 103 Å². The first-order valence-corrected chi connectivity index (χ1v) is 9.44. The van der Waals surface area contributed by atoms with E-state index in [4.69, 9.17) is 0 Å². The Morgan fingerprint density at radius 2 is 0.636 bits per heavy atom. The van der Waals surface area contributed by atoms with Gasteiger partial charge in [-0.3, -0.25) is 0 Å². The van der Waals surface area contributed by atoms with E-state index < -0.39 is 0 Å². The minimum Gasteiger partial charge on any atom is -0.303 e. The lowest BCUT2D eigenvalue weighted by atomic mass is 10.1. The molecule has 0 aromatic heterocycles. The molecule has 0 rings (SSSR count). The quantitative estimate of drug-likeness (QED) is 0.172. The molecule has 0 unspecified atom stereocenters. The number of allylic oxidation sites excluding steroid dienone is 2. The number of rotatable bonds is 18. The van der Waals surface area contributed by atoms with Crippen molar-refractivity contribution in [2.24, 2.45) is 0 Å². The van der Waals surface area contributed by atoms with Crippen LogP contribution in [0.15, 0.2) is 12.2 Å². The van der Waals surface area contributed by atoms with Gasteiger partial charge in [-0.1, -0.05) is 63.5 Å². The minimum absolute atomic E-state index is 0.738. The third-order valence-electron chi connectivity index (χ3n) is 4.05. The van der Waals surface area contributed by atoms with Crippen LogP contribution in [0.2, 0.25) is 0 Å². The lowest BCUT2D eigenvalue weighted by molar-refractivity contribution is -0.108. The Hall–Kier alpha value is -0.920. The summed E-state index contributed by atoms with van der Waals surface area (Å²) >= 11 is 0. The normalized spacial score (nSPS) is 11.1. The lowest BCUT2D eigenvalue weighted by Gasteiger charge is -1.99. The maximum atomic E-state index is 10.2. The largest absolute Gasteiger partial charge is 0.303 e. The summed E-state index contributed by atoms with van der Waals surface area (Å²) in [5, 5.41) is 0. The number of carbonyl (C=O) groups excluding carboxylic acids is 2. The Balaban J connectivity index is 3.05. The van der Waals surface area contributed by atoms with Crippen molar-refractivity contribution in [3.63, 3.8) is 0 Å². The van der Waals surface area contributed by atoms with Crippen LogP contribution in [0.3, 0.4) is 0 Å². The van der Waals surface area contributed by atoms with Gasteiger partial charge in [0.15, 0.2) is 0 Å². The molecule has 0 aromatic carbocycles. The van der Waals surface area contributed by atoms with E-state index in [0.717, 1.165) is 38.3 Å². The molecule has 0 N–H and O–H groups in total. The van der Waals surface area contributed by atoms with Gasteiger partial charge in [-0.05, 0) is 38.5 Å². The molecule has 0 bridgehead atoms. The fraction of sp³-hybridized carbons (Fsp3) is 0.800. The standard InChI is InChI=1S/C20H36O2/c21-19-17-15-13-11-9-7-5-3-1-2-4-6-8-10-12-14-16-18-20-22/h1-2,19-20H,3-18H2. The van der Waals surface area contributed by atoms with Crippen LogP contribution in [-0.4, -0.2) is 12.6 Å². The SMILES string of the molecule is O=CCCCCCCCCC=CCCCCCCCCC=O. The van der Waals surface area contributed by atoms with Crippen LogP contribution in [-0.2, 0) is 9.59 Å². The Morgan fingerprint density at radius 1 is 0.364 bits per heavy atom. The van der Waals surface area contributed by atoms with Crippen molar-refractivity contribution < 1.29 is 9.59 Å². The first-order valence-electron chi connectivity index (χ1n) is 9.44. The van der Waals surface area contributed by atoms with Gasteiger partial charge >= 0.3 is 0 Å². The third kappa shape index (κ3) is 19.1. The molecule has 0 aliphatic heterocycles.